The Kier molecular flexibility index (Phi) is 6.58. The first-order valence-electron chi connectivity index (χ1n) is 6.49. The maximum absolute atomic E-state index is 12.0. The summed E-state index contributed by atoms with van der Waals surface area (Å²) in [5, 5.41) is 17.3. The van der Waals surface area contributed by atoms with E-state index in [1.807, 2.05) is 0 Å². The van der Waals surface area contributed by atoms with E-state index in [1.165, 1.54) is 0 Å². The highest BCUT2D eigenvalue weighted by Crippen LogP contribution is 2.15. The summed E-state index contributed by atoms with van der Waals surface area (Å²) in [4.78, 5) is 25.7. The summed E-state index contributed by atoms with van der Waals surface area (Å²) in [5.74, 6) is -0.970. The van der Waals surface area contributed by atoms with Crippen molar-refractivity contribution in [2.75, 3.05) is 39.9 Å². The van der Waals surface area contributed by atoms with Crippen LogP contribution in [-0.2, 0) is 9.53 Å². The molecule has 19 heavy (non-hydrogen) atoms. The van der Waals surface area contributed by atoms with E-state index in [4.69, 9.17) is 14.9 Å². The molecule has 0 spiro atoms. The zero-order valence-corrected chi connectivity index (χ0v) is 11.2. The first kappa shape index (κ1) is 15.7. The second kappa shape index (κ2) is 7.96. The van der Waals surface area contributed by atoms with E-state index in [-0.39, 0.29) is 25.3 Å². The highest BCUT2D eigenvalue weighted by molar-refractivity contribution is 5.74. The van der Waals surface area contributed by atoms with Gasteiger partial charge in [-0.25, -0.2) is 9.59 Å². The number of carbonyl (C=O) groups is 2. The van der Waals surface area contributed by atoms with Crippen LogP contribution in [0.1, 0.15) is 19.3 Å². The number of hydrogen-bond acceptors (Lipinski definition) is 4. The molecule has 0 atom stereocenters. The minimum absolute atomic E-state index is 0.0508. The predicted molar refractivity (Wildman–Crippen MR) is 67.9 cm³/mol. The number of urea groups is 1. The molecule has 1 fully saturated rings. The molecule has 110 valence electrons. The lowest BCUT2D eigenvalue weighted by Gasteiger charge is -2.34. The molecule has 0 radical (unpaired) electrons. The summed E-state index contributed by atoms with van der Waals surface area (Å²) in [6, 6.07) is -0.0508. The van der Waals surface area contributed by atoms with Crippen molar-refractivity contribution in [1.29, 1.82) is 0 Å². The zero-order chi connectivity index (χ0) is 14.3. The lowest BCUT2D eigenvalue weighted by molar-refractivity contribution is -0.145. The van der Waals surface area contributed by atoms with Gasteiger partial charge in [0.2, 0.25) is 0 Å². The van der Waals surface area contributed by atoms with Crippen LogP contribution in [0.25, 0.3) is 0 Å². The lowest BCUT2D eigenvalue weighted by atomic mass is 10.1. The largest absolute Gasteiger partial charge is 0.480 e. The number of amides is 2. The number of carboxylic acids is 1. The normalized spacial score (nSPS) is 16.4. The standard InChI is InChI=1S/C12H22N2O5/c1-13(5-2-8-15)12(18)14-6-3-10(4-7-14)19-9-11(16)17/h10,15H,2-9H2,1H3,(H,16,17). The average Bonchev–Trinajstić information content (AvgIpc) is 2.42. The lowest BCUT2D eigenvalue weighted by Crippen LogP contribution is -2.47. The molecule has 0 saturated carbocycles. The fourth-order valence-corrected chi connectivity index (χ4v) is 2.05. The molecule has 2 amide bonds. The number of likely N-dealkylation sites (tertiary alicyclic amines) is 1. The molecule has 1 aliphatic rings. The van der Waals surface area contributed by atoms with Crippen LogP contribution >= 0.6 is 0 Å². The number of carboxylic acid groups (broad SMARTS) is 1. The van der Waals surface area contributed by atoms with Gasteiger partial charge in [0, 0.05) is 33.3 Å². The van der Waals surface area contributed by atoms with Crippen LogP contribution in [0.2, 0.25) is 0 Å². The number of rotatable bonds is 6. The van der Waals surface area contributed by atoms with Crippen molar-refractivity contribution in [2.45, 2.75) is 25.4 Å². The molecule has 2 N–H and O–H groups in total. The minimum atomic E-state index is -0.970. The molecule has 7 heteroatoms. The van der Waals surface area contributed by atoms with Crippen LogP contribution < -0.4 is 0 Å². The Hall–Kier alpha value is -1.34. The molecule has 1 aliphatic heterocycles. The van der Waals surface area contributed by atoms with Gasteiger partial charge in [0.1, 0.15) is 6.61 Å². The Morgan fingerprint density at radius 1 is 1.37 bits per heavy atom. The number of carbonyl (C=O) groups excluding carboxylic acids is 1. The maximum atomic E-state index is 12.0. The molecule has 1 rings (SSSR count). The molecule has 0 aromatic carbocycles. The molecule has 0 aromatic rings. The molecule has 0 aliphatic carbocycles. The monoisotopic (exact) mass is 274 g/mol. The third kappa shape index (κ3) is 5.44. The quantitative estimate of drug-likeness (QED) is 0.710. The predicted octanol–water partition coefficient (Wildman–Crippen LogP) is -0.0138. The van der Waals surface area contributed by atoms with E-state index in [0.717, 1.165) is 0 Å². The number of aliphatic hydroxyl groups excluding tert-OH is 1. The number of ether oxygens (including phenoxy) is 1. The maximum Gasteiger partial charge on any atom is 0.329 e. The van der Waals surface area contributed by atoms with Gasteiger partial charge in [-0.15, -0.1) is 0 Å². The zero-order valence-electron chi connectivity index (χ0n) is 11.2. The fraction of sp³-hybridized carbons (Fsp3) is 0.833. The Balaban J connectivity index is 2.28. The minimum Gasteiger partial charge on any atom is -0.480 e. The van der Waals surface area contributed by atoms with Gasteiger partial charge in [-0.05, 0) is 19.3 Å². The summed E-state index contributed by atoms with van der Waals surface area (Å²) in [6.45, 7) is 1.47. The number of nitrogens with zero attached hydrogens (tertiary/aromatic N) is 2. The van der Waals surface area contributed by atoms with Crippen molar-refractivity contribution < 1.29 is 24.5 Å². The summed E-state index contributed by atoms with van der Waals surface area (Å²) >= 11 is 0. The van der Waals surface area contributed by atoms with E-state index in [1.54, 1.807) is 16.8 Å². The van der Waals surface area contributed by atoms with Gasteiger partial charge in [0.05, 0.1) is 6.10 Å². The van der Waals surface area contributed by atoms with Crippen LogP contribution in [0.15, 0.2) is 0 Å². The van der Waals surface area contributed by atoms with E-state index in [9.17, 15) is 9.59 Å². The Morgan fingerprint density at radius 2 is 2.00 bits per heavy atom. The van der Waals surface area contributed by atoms with Crippen LogP contribution in [0, 0.1) is 0 Å². The smallest absolute Gasteiger partial charge is 0.329 e. The molecule has 0 unspecified atom stereocenters. The molecule has 7 nitrogen and oxygen atoms in total. The van der Waals surface area contributed by atoms with Crippen molar-refractivity contribution in [3.8, 4) is 0 Å². The van der Waals surface area contributed by atoms with Crippen molar-refractivity contribution in [2.24, 2.45) is 0 Å². The summed E-state index contributed by atoms with van der Waals surface area (Å²) in [7, 11) is 1.71. The first-order valence-corrected chi connectivity index (χ1v) is 6.49. The third-order valence-electron chi connectivity index (χ3n) is 3.13. The third-order valence-corrected chi connectivity index (χ3v) is 3.13. The SMILES string of the molecule is CN(CCCO)C(=O)N1CCC(OCC(=O)O)CC1. The van der Waals surface area contributed by atoms with Crippen molar-refractivity contribution in [3.63, 3.8) is 0 Å². The highest BCUT2D eigenvalue weighted by atomic mass is 16.5. The van der Waals surface area contributed by atoms with Crippen molar-refractivity contribution in [1.82, 2.24) is 9.80 Å². The van der Waals surface area contributed by atoms with E-state index >= 15 is 0 Å². The summed E-state index contributed by atoms with van der Waals surface area (Å²) < 4.78 is 5.21. The van der Waals surface area contributed by atoms with E-state index < -0.39 is 5.97 Å². The number of aliphatic hydroxyl groups is 1. The Morgan fingerprint density at radius 3 is 2.53 bits per heavy atom. The van der Waals surface area contributed by atoms with E-state index in [0.29, 0.717) is 38.9 Å². The first-order chi connectivity index (χ1) is 9.04. The van der Waals surface area contributed by atoms with Crippen LogP contribution in [-0.4, -0.2) is 78.0 Å². The summed E-state index contributed by atoms with van der Waals surface area (Å²) in [6.07, 6.45) is 1.81. The van der Waals surface area contributed by atoms with Crippen molar-refractivity contribution >= 4 is 12.0 Å². The van der Waals surface area contributed by atoms with Gasteiger partial charge in [-0.1, -0.05) is 0 Å². The number of piperidine rings is 1. The molecular formula is C12H22N2O5. The Labute approximate surface area is 112 Å². The number of hydrogen-bond donors (Lipinski definition) is 2. The Bertz CT molecular complexity index is 302. The van der Waals surface area contributed by atoms with Gasteiger partial charge in [-0.2, -0.15) is 0 Å². The summed E-state index contributed by atoms with van der Waals surface area (Å²) in [5.41, 5.74) is 0. The number of aliphatic carboxylic acids is 1. The van der Waals surface area contributed by atoms with Crippen LogP contribution in [0.3, 0.4) is 0 Å². The van der Waals surface area contributed by atoms with Gasteiger partial charge < -0.3 is 24.7 Å². The van der Waals surface area contributed by atoms with Gasteiger partial charge >= 0.3 is 12.0 Å². The molecular weight excluding hydrogens is 252 g/mol. The molecule has 0 aromatic heterocycles. The van der Waals surface area contributed by atoms with Gasteiger partial charge in [0.25, 0.3) is 0 Å². The fourth-order valence-electron chi connectivity index (χ4n) is 2.05. The second-order valence-electron chi connectivity index (χ2n) is 4.67. The molecule has 0 bridgehead atoms. The second-order valence-corrected chi connectivity index (χ2v) is 4.67. The van der Waals surface area contributed by atoms with E-state index in [2.05, 4.69) is 0 Å². The topological polar surface area (TPSA) is 90.3 Å². The van der Waals surface area contributed by atoms with Crippen molar-refractivity contribution in [3.05, 3.63) is 0 Å². The molecule has 1 heterocycles. The average molecular weight is 274 g/mol. The van der Waals surface area contributed by atoms with Gasteiger partial charge in [0.15, 0.2) is 0 Å². The van der Waals surface area contributed by atoms with Crippen LogP contribution in [0.4, 0.5) is 4.79 Å². The highest BCUT2D eigenvalue weighted by Gasteiger charge is 2.25. The molecule has 1 saturated heterocycles. The van der Waals surface area contributed by atoms with Crippen LogP contribution in [0.5, 0.6) is 0 Å². The van der Waals surface area contributed by atoms with Gasteiger partial charge in [-0.3, -0.25) is 0 Å².